The Morgan fingerprint density at radius 2 is 1.74 bits per heavy atom. The van der Waals surface area contributed by atoms with Crippen LogP contribution in [-0.4, -0.2) is 71.1 Å². The van der Waals surface area contributed by atoms with E-state index in [4.69, 9.17) is 18.7 Å². The number of nitrogens with zero attached hydrogens (tertiary/aromatic N) is 5. The molecule has 0 fully saturated rings. The van der Waals surface area contributed by atoms with Crippen LogP contribution in [0.15, 0.2) is 28.9 Å². The van der Waals surface area contributed by atoms with Crippen LogP contribution in [0.4, 0.5) is 5.82 Å². The van der Waals surface area contributed by atoms with Crippen molar-refractivity contribution in [3.05, 3.63) is 51.8 Å². The molecule has 15 nitrogen and oxygen atoms in total. The number of ether oxygens (including phenoxy) is 3. The molecule has 15 heteroatoms. The van der Waals surface area contributed by atoms with Crippen LogP contribution in [0.1, 0.15) is 26.9 Å². The third-order valence-electron chi connectivity index (χ3n) is 4.40. The predicted octanol–water partition coefficient (Wildman–Crippen LogP) is 0.408. The average molecular weight is 475 g/mol. The molecule has 0 spiro atoms. The number of amides is 2. The van der Waals surface area contributed by atoms with Gasteiger partial charge >= 0.3 is 17.6 Å². The molecule has 0 radical (unpaired) electrons. The lowest BCUT2D eigenvalue weighted by Crippen LogP contribution is -2.34. The van der Waals surface area contributed by atoms with Crippen molar-refractivity contribution in [3.63, 3.8) is 0 Å². The number of nitro groups is 1. The number of hydrogen-bond donors (Lipinski definition) is 2. The quantitative estimate of drug-likeness (QED) is 0.222. The van der Waals surface area contributed by atoms with Crippen molar-refractivity contribution in [2.45, 2.75) is 6.54 Å². The zero-order chi connectivity index (χ0) is 24.7. The normalized spacial score (nSPS) is 10.4. The summed E-state index contributed by atoms with van der Waals surface area (Å²) in [5.41, 5.74) is 0.279. The standard InChI is InChI=1S/C19H21N7O8/c1-31-12-8-11(9-13(32-2)16(12)33-3)17(27)20-5-6-21-18(28)19-22-14(24-34-19)10-25-7-4-15(23-25)26(29)30/h4,7-9H,5-6,10H2,1-3H3,(H,20,27)(H,21,28). The van der Waals surface area contributed by atoms with Crippen molar-refractivity contribution >= 4 is 17.6 Å². The molecule has 2 amide bonds. The molecule has 1 aromatic carbocycles. The first-order valence-electron chi connectivity index (χ1n) is 9.73. The summed E-state index contributed by atoms with van der Waals surface area (Å²) in [5, 5.41) is 23.2. The third-order valence-corrected chi connectivity index (χ3v) is 4.40. The van der Waals surface area contributed by atoms with Crippen LogP contribution in [-0.2, 0) is 6.54 Å². The molecule has 0 saturated heterocycles. The van der Waals surface area contributed by atoms with Gasteiger partial charge in [0.05, 0.1) is 38.7 Å². The third kappa shape index (κ3) is 5.56. The molecule has 3 aromatic rings. The molecule has 34 heavy (non-hydrogen) atoms. The molecule has 0 aliphatic carbocycles. The summed E-state index contributed by atoms with van der Waals surface area (Å²) >= 11 is 0. The number of rotatable bonds is 11. The van der Waals surface area contributed by atoms with Gasteiger partial charge in [-0.15, -0.1) is 0 Å². The second-order valence-electron chi connectivity index (χ2n) is 6.57. The lowest BCUT2D eigenvalue weighted by Gasteiger charge is -2.14. The van der Waals surface area contributed by atoms with Gasteiger partial charge in [-0.3, -0.25) is 9.59 Å². The fourth-order valence-electron chi connectivity index (χ4n) is 2.83. The van der Waals surface area contributed by atoms with Crippen LogP contribution >= 0.6 is 0 Å². The van der Waals surface area contributed by atoms with Crippen molar-refractivity contribution in [1.82, 2.24) is 30.6 Å². The molecule has 2 aromatic heterocycles. The van der Waals surface area contributed by atoms with E-state index in [1.807, 2.05) is 0 Å². The fraction of sp³-hybridized carbons (Fsp3) is 0.316. The van der Waals surface area contributed by atoms with Crippen molar-refractivity contribution in [1.29, 1.82) is 0 Å². The summed E-state index contributed by atoms with van der Waals surface area (Å²) in [7, 11) is 4.34. The largest absolute Gasteiger partial charge is 0.493 e. The van der Waals surface area contributed by atoms with Crippen LogP contribution < -0.4 is 24.8 Å². The maximum Gasteiger partial charge on any atom is 0.389 e. The maximum absolute atomic E-state index is 12.4. The first kappa shape index (κ1) is 24.0. The average Bonchev–Trinajstić information content (AvgIpc) is 3.50. The van der Waals surface area contributed by atoms with Gasteiger partial charge in [-0.05, 0) is 17.1 Å². The van der Waals surface area contributed by atoms with E-state index in [-0.39, 0.29) is 42.7 Å². The van der Waals surface area contributed by atoms with Gasteiger partial charge in [0.25, 0.3) is 5.91 Å². The minimum Gasteiger partial charge on any atom is -0.493 e. The van der Waals surface area contributed by atoms with Crippen LogP contribution in [0.5, 0.6) is 17.2 Å². The van der Waals surface area contributed by atoms with Crippen molar-refractivity contribution in [3.8, 4) is 17.2 Å². The molecule has 0 aliphatic heterocycles. The highest BCUT2D eigenvalue weighted by Gasteiger charge is 2.19. The summed E-state index contributed by atoms with van der Waals surface area (Å²) in [6.45, 7) is 0.173. The van der Waals surface area contributed by atoms with Gasteiger partial charge < -0.3 is 39.5 Å². The van der Waals surface area contributed by atoms with Crippen LogP contribution in [0.3, 0.4) is 0 Å². The molecule has 0 aliphatic rings. The molecule has 2 N–H and O–H groups in total. The lowest BCUT2D eigenvalue weighted by atomic mass is 10.1. The maximum atomic E-state index is 12.4. The van der Waals surface area contributed by atoms with Gasteiger partial charge in [-0.1, -0.05) is 5.16 Å². The van der Waals surface area contributed by atoms with E-state index in [1.54, 1.807) is 0 Å². The van der Waals surface area contributed by atoms with E-state index in [9.17, 15) is 19.7 Å². The van der Waals surface area contributed by atoms with Gasteiger partial charge in [0.2, 0.25) is 5.75 Å². The monoisotopic (exact) mass is 475 g/mol. The predicted molar refractivity (Wildman–Crippen MR) is 113 cm³/mol. The lowest BCUT2D eigenvalue weighted by molar-refractivity contribution is -0.389. The zero-order valence-electron chi connectivity index (χ0n) is 18.4. The van der Waals surface area contributed by atoms with E-state index < -0.39 is 16.7 Å². The number of hydrogen-bond acceptors (Lipinski definition) is 11. The Kier molecular flexibility index (Phi) is 7.58. The molecule has 3 rings (SSSR count). The Balaban J connectivity index is 1.50. The summed E-state index contributed by atoms with van der Waals surface area (Å²) in [6.07, 6.45) is 1.38. The Hall–Kier alpha value is -4.69. The van der Waals surface area contributed by atoms with Gasteiger partial charge in [0.15, 0.2) is 17.3 Å². The molecule has 0 atom stereocenters. The molecular formula is C19H21N7O8. The second kappa shape index (κ2) is 10.8. The van der Waals surface area contributed by atoms with Crippen LogP contribution in [0.2, 0.25) is 0 Å². The zero-order valence-corrected chi connectivity index (χ0v) is 18.4. The van der Waals surface area contributed by atoms with Gasteiger partial charge in [-0.25, -0.2) is 0 Å². The SMILES string of the molecule is COc1cc(C(=O)NCCNC(=O)c2nc(Cn3ccc([N+](=O)[O-])n3)no2)cc(OC)c1OC. The van der Waals surface area contributed by atoms with Crippen molar-refractivity contribution < 1.29 is 33.2 Å². The number of nitrogens with one attached hydrogen (secondary N) is 2. The van der Waals surface area contributed by atoms with Crippen molar-refractivity contribution in [2.75, 3.05) is 34.4 Å². The van der Waals surface area contributed by atoms with Crippen LogP contribution in [0, 0.1) is 10.1 Å². The summed E-state index contributed by atoms with van der Waals surface area (Å²) in [5.74, 6) is -0.552. The van der Waals surface area contributed by atoms with Crippen molar-refractivity contribution in [2.24, 2.45) is 0 Å². The summed E-state index contributed by atoms with van der Waals surface area (Å²) in [4.78, 5) is 38.6. The molecule has 0 unspecified atom stereocenters. The molecule has 2 heterocycles. The number of benzene rings is 1. The Morgan fingerprint density at radius 1 is 1.09 bits per heavy atom. The van der Waals surface area contributed by atoms with E-state index >= 15 is 0 Å². The smallest absolute Gasteiger partial charge is 0.389 e. The molecule has 0 saturated carbocycles. The topological polar surface area (TPSA) is 186 Å². The minimum absolute atomic E-state index is 0.0184. The number of carbonyl (C=O) groups is 2. The first-order valence-corrected chi connectivity index (χ1v) is 9.73. The van der Waals surface area contributed by atoms with E-state index in [0.717, 1.165) is 0 Å². The molecule has 0 bridgehead atoms. The highest BCUT2D eigenvalue weighted by molar-refractivity contribution is 5.95. The summed E-state index contributed by atoms with van der Waals surface area (Å²) < 4.78 is 21.8. The molecular weight excluding hydrogens is 454 g/mol. The Morgan fingerprint density at radius 3 is 2.29 bits per heavy atom. The first-order chi connectivity index (χ1) is 16.4. The van der Waals surface area contributed by atoms with Crippen LogP contribution in [0.25, 0.3) is 0 Å². The Bertz CT molecular complexity index is 1160. The van der Waals surface area contributed by atoms with Gasteiger partial charge in [-0.2, -0.15) is 9.67 Å². The highest BCUT2D eigenvalue weighted by atomic mass is 16.6. The summed E-state index contributed by atoms with van der Waals surface area (Å²) in [6, 6.07) is 4.23. The minimum atomic E-state index is -0.646. The second-order valence-corrected chi connectivity index (χ2v) is 6.57. The number of carbonyl (C=O) groups excluding carboxylic acids is 2. The van der Waals surface area contributed by atoms with E-state index in [2.05, 4.69) is 25.9 Å². The molecule has 180 valence electrons. The number of aromatic nitrogens is 4. The fourth-order valence-corrected chi connectivity index (χ4v) is 2.83. The van der Waals surface area contributed by atoms with E-state index in [0.29, 0.717) is 17.2 Å². The van der Waals surface area contributed by atoms with E-state index in [1.165, 1.54) is 50.4 Å². The Labute approximate surface area is 192 Å². The highest BCUT2D eigenvalue weighted by Crippen LogP contribution is 2.38. The van der Waals surface area contributed by atoms with Gasteiger partial charge in [0, 0.05) is 18.7 Å². The number of methoxy groups -OCH3 is 3. The van der Waals surface area contributed by atoms with Gasteiger partial charge in [0.1, 0.15) is 6.54 Å².